The van der Waals surface area contributed by atoms with Crippen LogP contribution in [0.1, 0.15) is 44.6 Å². The highest BCUT2D eigenvalue weighted by Gasteiger charge is 2.22. The standard InChI is InChI=1S/C17H24N2O/c1-2-16-9-4-3-5-12-19(16)17(20)11-10-14-7-6-8-15(18)13-14/h6-8,10-11,13,16H,2-5,9,12,18H2,1H3/b11-10+. The lowest BCUT2D eigenvalue weighted by Gasteiger charge is -2.28. The van der Waals surface area contributed by atoms with Gasteiger partial charge in [-0.15, -0.1) is 0 Å². The lowest BCUT2D eigenvalue weighted by molar-refractivity contribution is -0.128. The van der Waals surface area contributed by atoms with Gasteiger partial charge in [-0.05, 0) is 43.0 Å². The Kier molecular flexibility index (Phi) is 5.22. The van der Waals surface area contributed by atoms with E-state index in [-0.39, 0.29) is 5.91 Å². The van der Waals surface area contributed by atoms with Crippen LogP contribution in [0.2, 0.25) is 0 Å². The molecule has 2 rings (SSSR count). The second-order valence-corrected chi connectivity index (χ2v) is 5.45. The molecule has 1 fully saturated rings. The number of hydrogen-bond acceptors (Lipinski definition) is 2. The van der Waals surface area contributed by atoms with Crippen LogP contribution >= 0.6 is 0 Å². The molecule has 0 saturated carbocycles. The molecule has 3 heteroatoms. The largest absolute Gasteiger partial charge is 0.399 e. The molecule has 1 aromatic rings. The fraction of sp³-hybridized carbons (Fsp3) is 0.471. The number of rotatable bonds is 3. The van der Waals surface area contributed by atoms with Gasteiger partial charge < -0.3 is 10.6 Å². The highest BCUT2D eigenvalue weighted by atomic mass is 16.2. The molecule has 20 heavy (non-hydrogen) atoms. The predicted molar refractivity (Wildman–Crippen MR) is 84.1 cm³/mol. The quantitative estimate of drug-likeness (QED) is 0.676. The zero-order valence-electron chi connectivity index (χ0n) is 12.2. The fourth-order valence-electron chi connectivity index (χ4n) is 2.82. The third-order valence-corrected chi connectivity index (χ3v) is 3.96. The van der Waals surface area contributed by atoms with Gasteiger partial charge in [0, 0.05) is 24.4 Å². The van der Waals surface area contributed by atoms with Crippen molar-refractivity contribution >= 4 is 17.7 Å². The van der Waals surface area contributed by atoms with Crippen LogP contribution in [-0.2, 0) is 4.79 Å². The molecule has 0 radical (unpaired) electrons. The van der Waals surface area contributed by atoms with Crippen LogP contribution in [0.5, 0.6) is 0 Å². The average Bonchev–Trinajstić information content (AvgIpc) is 2.70. The minimum Gasteiger partial charge on any atom is -0.399 e. The van der Waals surface area contributed by atoms with Crippen LogP contribution < -0.4 is 5.73 Å². The Balaban J connectivity index is 2.05. The molecule has 1 aliphatic rings. The normalized spacial score (nSPS) is 20.1. The second kappa shape index (κ2) is 7.13. The van der Waals surface area contributed by atoms with Gasteiger partial charge in [-0.3, -0.25) is 4.79 Å². The van der Waals surface area contributed by atoms with Crippen LogP contribution in [0.25, 0.3) is 6.08 Å². The molecule has 0 bridgehead atoms. The molecule has 108 valence electrons. The predicted octanol–water partition coefficient (Wildman–Crippen LogP) is 3.46. The van der Waals surface area contributed by atoms with Crippen molar-refractivity contribution in [1.82, 2.24) is 4.90 Å². The Morgan fingerprint density at radius 1 is 1.40 bits per heavy atom. The van der Waals surface area contributed by atoms with Crippen LogP contribution in [-0.4, -0.2) is 23.4 Å². The molecule has 2 N–H and O–H groups in total. The molecule has 1 aliphatic heterocycles. The number of anilines is 1. The van der Waals surface area contributed by atoms with Crippen LogP contribution in [0.15, 0.2) is 30.3 Å². The third-order valence-electron chi connectivity index (χ3n) is 3.96. The van der Waals surface area contributed by atoms with E-state index in [2.05, 4.69) is 6.92 Å². The van der Waals surface area contributed by atoms with Crippen LogP contribution in [0, 0.1) is 0 Å². The van der Waals surface area contributed by atoms with Crippen molar-refractivity contribution in [3.8, 4) is 0 Å². The van der Waals surface area contributed by atoms with Gasteiger partial charge >= 0.3 is 0 Å². The zero-order valence-corrected chi connectivity index (χ0v) is 12.2. The molecule has 1 heterocycles. The average molecular weight is 272 g/mol. The number of nitrogen functional groups attached to an aromatic ring is 1. The van der Waals surface area contributed by atoms with Crippen molar-refractivity contribution in [2.24, 2.45) is 0 Å². The smallest absolute Gasteiger partial charge is 0.246 e. The summed E-state index contributed by atoms with van der Waals surface area (Å²) in [6.45, 7) is 3.05. The minimum absolute atomic E-state index is 0.126. The summed E-state index contributed by atoms with van der Waals surface area (Å²) in [5.74, 6) is 0.126. The van der Waals surface area contributed by atoms with Gasteiger partial charge in [0.2, 0.25) is 5.91 Å². The first-order chi connectivity index (χ1) is 9.70. The lowest BCUT2D eigenvalue weighted by Crippen LogP contribution is -2.38. The Bertz CT molecular complexity index is 482. The molecule has 1 amide bonds. The number of amides is 1. The van der Waals surface area contributed by atoms with Crippen molar-refractivity contribution in [1.29, 1.82) is 0 Å². The van der Waals surface area contributed by atoms with Gasteiger partial charge in [0.05, 0.1) is 0 Å². The van der Waals surface area contributed by atoms with Crippen LogP contribution in [0.4, 0.5) is 5.69 Å². The van der Waals surface area contributed by atoms with E-state index in [0.717, 1.165) is 37.1 Å². The van der Waals surface area contributed by atoms with Crippen molar-refractivity contribution in [2.45, 2.75) is 45.1 Å². The first-order valence-corrected chi connectivity index (χ1v) is 7.55. The number of benzene rings is 1. The van der Waals surface area contributed by atoms with Crippen molar-refractivity contribution in [3.63, 3.8) is 0 Å². The maximum absolute atomic E-state index is 12.4. The molecule has 1 atom stereocenters. The summed E-state index contributed by atoms with van der Waals surface area (Å²) in [5.41, 5.74) is 7.44. The van der Waals surface area contributed by atoms with Gasteiger partial charge in [-0.1, -0.05) is 31.9 Å². The summed E-state index contributed by atoms with van der Waals surface area (Å²) >= 11 is 0. The summed E-state index contributed by atoms with van der Waals surface area (Å²) in [7, 11) is 0. The number of hydrogen-bond donors (Lipinski definition) is 1. The van der Waals surface area contributed by atoms with E-state index in [1.807, 2.05) is 35.2 Å². The molecule has 1 saturated heterocycles. The molecular formula is C17H24N2O. The summed E-state index contributed by atoms with van der Waals surface area (Å²) in [4.78, 5) is 14.4. The first kappa shape index (κ1) is 14.6. The van der Waals surface area contributed by atoms with E-state index < -0.39 is 0 Å². The number of carbonyl (C=O) groups excluding carboxylic acids is 1. The fourth-order valence-corrected chi connectivity index (χ4v) is 2.82. The number of nitrogens with zero attached hydrogens (tertiary/aromatic N) is 1. The van der Waals surface area contributed by atoms with Gasteiger partial charge in [0.1, 0.15) is 0 Å². The molecule has 1 aromatic carbocycles. The Morgan fingerprint density at radius 3 is 3.00 bits per heavy atom. The van der Waals surface area contributed by atoms with Gasteiger partial charge in [0.15, 0.2) is 0 Å². The number of nitrogens with two attached hydrogens (primary N) is 1. The Labute approximate surface area is 121 Å². The molecule has 0 aliphatic carbocycles. The first-order valence-electron chi connectivity index (χ1n) is 7.55. The highest BCUT2D eigenvalue weighted by molar-refractivity contribution is 5.92. The molecule has 3 nitrogen and oxygen atoms in total. The van der Waals surface area contributed by atoms with Gasteiger partial charge in [0.25, 0.3) is 0 Å². The summed E-state index contributed by atoms with van der Waals surface area (Å²) in [6, 6.07) is 7.99. The third kappa shape index (κ3) is 3.86. The molecule has 0 spiro atoms. The van der Waals surface area contributed by atoms with Crippen molar-refractivity contribution in [3.05, 3.63) is 35.9 Å². The Hall–Kier alpha value is -1.77. The lowest BCUT2D eigenvalue weighted by atomic mass is 10.1. The van der Waals surface area contributed by atoms with E-state index >= 15 is 0 Å². The van der Waals surface area contributed by atoms with E-state index in [0.29, 0.717) is 6.04 Å². The molecular weight excluding hydrogens is 248 g/mol. The zero-order chi connectivity index (χ0) is 14.4. The van der Waals surface area contributed by atoms with E-state index in [4.69, 9.17) is 5.73 Å². The second-order valence-electron chi connectivity index (χ2n) is 5.45. The summed E-state index contributed by atoms with van der Waals surface area (Å²) in [5, 5.41) is 0. The highest BCUT2D eigenvalue weighted by Crippen LogP contribution is 2.19. The number of likely N-dealkylation sites (tertiary alicyclic amines) is 1. The monoisotopic (exact) mass is 272 g/mol. The van der Waals surface area contributed by atoms with Gasteiger partial charge in [-0.2, -0.15) is 0 Å². The maximum atomic E-state index is 12.4. The number of carbonyl (C=O) groups is 1. The minimum atomic E-state index is 0.126. The van der Waals surface area contributed by atoms with Crippen molar-refractivity contribution < 1.29 is 4.79 Å². The SMILES string of the molecule is CCC1CCCCCN1C(=O)/C=C/c1cccc(N)c1. The van der Waals surface area contributed by atoms with Gasteiger partial charge in [-0.25, -0.2) is 0 Å². The topological polar surface area (TPSA) is 46.3 Å². The van der Waals surface area contributed by atoms with Crippen molar-refractivity contribution in [2.75, 3.05) is 12.3 Å². The summed E-state index contributed by atoms with van der Waals surface area (Å²) in [6.07, 6.45) is 9.31. The molecule has 1 unspecified atom stereocenters. The maximum Gasteiger partial charge on any atom is 0.246 e. The molecule has 0 aromatic heterocycles. The van der Waals surface area contributed by atoms with E-state index in [1.165, 1.54) is 12.8 Å². The Morgan fingerprint density at radius 2 is 2.25 bits per heavy atom. The van der Waals surface area contributed by atoms with E-state index in [9.17, 15) is 4.79 Å². The van der Waals surface area contributed by atoms with Crippen LogP contribution in [0.3, 0.4) is 0 Å². The van der Waals surface area contributed by atoms with E-state index in [1.54, 1.807) is 6.08 Å². The summed E-state index contributed by atoms with van der Waals surface area (Å²) < 4.78 is 0.